The number of carbonyl (C=O) groups excluding carboxylic acids is 1. The molecule has 178 valence electrons. The quantitative estimate of drug-likeness (QED) is 0.383. The van der Waals surface area contributed by atoms with Crippen molar-refractivity contribution in [1.82, 2.24) is 9.97 Å². The van der Waals surface area contributed by atoms with Gasteiger partial charge in [-0.25, -0.2) is 9.97 Å². The molecule has 3 aromatic rings. The number of nitriles is 1. The molecule has 1 aliphatic heterocycles. The Balaban J connectivity index is 1.57. The summed E-state index contributed by atoms with van der Waals surface area (Å²) in [5.74, 6) is 0.371. The highest BCUT2D eigenvalue weighted by Crippen LogP contribution is 2.25. The van der Waals surface area contributed by atoms with E-state index in [9.17, 15) is 4.79 Å². The summed E-state index contributed by atoms with van der Waals surface area (Å²) in [6.07, 6.45) is 3.23. The van der Waals surface area contributed by atoms with Crippen LogP contribution in [0.15, 0.2) is 48.8 Å². The van der Waals surface area contributed by atoms with Crippen LogP contribution in [0, 0.1) is 23.7 Å². The number of hydrogen-bond acceptors (Lipinski definition) is 8. The standard InChI is InChI=1S/C26H27N7O2/c1-15-8-18(11-27)12-31-25(15)26(34)32-20-4-5-22(28)21(10-20)24(29)19-6-7-30-23(9-19)33-13-16(2)35-17(3)14-33/h4-10,12,16-17,29H,13-14,28H2,1-3H3,(H,32,34)/t16-,17-/m0/s1. The summed E-state index contributed by atoms with van der Waals surface area (Å²) >= 11 is 0. The van der Waals surface area contributed by atoms with Gasteiger partial charge in [-0.3, -0.25) is 10.2 Å². The van der Waals surface area contributed by atoms with E-state index in [1.807, 2.05) is 26.0 Å². The topological polar surface area (TPSA) is 141 Å². The van der Waals surface area contributed by atoms with E-state index >= 15 is 0 Å². The molecule has 3 heterocycles. The van der Waals surface area contributed by atoms with Gasteiger partial charge in [-0.1, -0.05) is 0 Å². The third kappa shape index (κ3) is 5.28. The number of hydrogen-bond donors (Lipinski definition) is 3. The van der Waals surface area contributed by atoms with Crippen LogP contribution in [0.1, 0.15) is 46.6 Å². The first kappa shape index (κ1) is 23.9. The van der Waals surface area contributed by atoms with Gasteiger partial charge < -0.3 is 20.7 Å². The molecule has 9 heteroatoms. The van der Waals surface area contributed by atoms with E-state index < -0.39 is 5.91 Å². The van der Waals surface area contributed by atoms with Gasteiger partial charge in [0.25, 0.3) is 5.91 Å². The molecule has 1 amide bonds. The van der Waals surface area contributed by atoms with Crippen molar-refractivity contribution < 1.29 is 9.53 Å². The van der Waals surface area contributed by atoms with E-state index in [1.54, 1.807) is 43.5 Å². The van der Waals surface area contributed by atoms with Crippen LogP contribution in [0.3, 0.4) is 0 Å². The number of aromatic nitrogens is 2. The number of anilines is 3. The normalized spacial score (nSPS) is 17.5. The maximum absolute atomic E-state index is 12.8. The molecule has 1 aromatic carbocycles. The van der Waals surface area contributed by atoms with Gasteiger partial charge >= 0.3 is 0 Å². The Kier molecular flexibility index (Phi) is 6.75. The predicted octanol–water partition coefficient (Wildman–Crippen LogP) is 3.52. The van der Waals surface area contributed by atoms with Crippen molar-refractivity contribution in [2.75, 3.05) is 29.0 Å². The number of nitrogens with zero attached hydrogens (tertiary/aromatic N) is 4. The molecule has 1 fully saturated rings. The van der Waals surface area contributed by atoms with Gasteiger partial charge in [0.15, 0.2) is 0 Å². The molecule has 0 spiro atoms. The fourth-order valence-corrected chi connectivity index (χ4v) is 4.18. The van der Waals surface area contributed by atoms with Crippen LogP contribution in [0.2, 0.25) is 0 Å². The molecule has 35 heavy (non-hydrogen) atoms. The predicted molar refractivity (Wildman–Crippen MR) is 135 cm³/mol. The monoisotopic (exact) mass is 469 g/mol. The Bertz CT molecular complexity index is 1320. The molecule has 0 saturated carbocycles. The molecule has 4 N–H and O–H groups in total. The zero-order chi connectivity index (χ0) is 25.1. The Morgan fingerprint density at radius 2 is 1.94 bits per heavy atom. The van der Waals surface area contributed by atoms with Gasteiger partial charge in [0.05, 0.1) is 23.5 Å². The molecule has 2 atom stereocenters. The SMILES string of the molecule is Cc1cc(C#N)cnc1C(=O)Nc1ccc(N)c(C(=N)c2ccnc(N3C[C@H](C)O[C@@H](C)C3)c2)c1. The Hall–Kier alpha value is -4.29. The lowest BCUT2D eigenvalue weighted by Gasteiger charge is -2.36. The third-order valence-electron chi connectivity index (χ3n) is 5.78. The second kappa shape index (κ2) is 9.91. The van der Waals surface area contributed by atoms with Gasteiger partial charge in [-0.15, -0.1) is 0 Å². The van der Waals surface area contributed by atoms with Crippen molar-refractivity contribution in [3.05, 3.63) is 76.7 Å². The minimum Gasteiger partial charge on any atom is -0.398 e. The fourth-order valence-electron chi connectivity index (χ4n) is 4.18. The molecule has 4 rings (SSSR count). The van der Waals surface area contributed by atoms with E-state index in [4.69, 9.17) is 21.1 Å². The highest BCUT2D eigenvalue weighted by atomic mass is 16.5. The maximum atomic E-state index is 12.8. The average molecular weight is 470 g/mol. The highest BCUT2D eigenvalue weighted by molar-refractivity contribution is 6.15. The summed E-state index contributed by atoms with van der Waals surface area (Å²) in [6, 6.07) is 12.3. The molecule has 0 bridgehead atoms. The summed E-state index contributed by atoms with van der Waals surface area (Å²) < 4.78 is 5.81. The van der Waals surface area contributed by atoms with Crippen molar-refractivity contribution in [3.63, 3.8) is 0 Å². The Morgan fingerprint density at radius 1 is 1.20 bits per heavy atom. The van der Waals surface area contributed by atoms with Gasteiger partial charge in [-0.2, -0.15) is 5.26 Å². The highest BCUT2D eigenvalue weighted by Gasteiger charge is 2.24. The minimum absolute atomic E-state index is 0.0915. The lowest BCUT2D eigenvalue weighted by atomic mass is 10.0. The van der Waals surface area contributed by atoms with Gasteiger partial charge in [0.2, 0.25) is 0 Å². The summed E-state index contributed by atoms with van der Waals surface area (Å²) in [5, 5.41) is 20.6. The second-order valence-electron chi connectivity index (χ2n) is 8.70. The number of carbonyl (C=O) groups is 1. The molecule has 1 aliphatic rings. The lowest BCUT2D eigenvalue weighted by molar-refractivity contribution is -0.00546. The molecule has 0 aliphatic carbocycles. The average Bonchev–Trinajstić information content (AvgIpc) is 2.84. The second-order valence-corrected chi connectivity index (χ2v) is 8.70. The van der Waals surface area contributed by atoms with Crippen LogP contribution in [0.4, 0.5) is 17.2 Å². The largest absolute Gasteiger partial charge is 0.398 e. The van der Waals surface area contributed by atoms with Gasteiger partial charge in [0, 0.05) is 48.0 Å². The minimum atomic E-state index is -0.406. The number of nitrogen functional groups attached to an aromatic ring is 1. The molecule has 2 aromatic heterocycles. The van der Waals surface area contributed by atoms with Crippen molar-refractivity contribution in [1.29, 1.82) is 10.7 Å². The first-order valence-corrected chi connectivity index (χ1v) is 11.3. The summed E-state index contributed by atoms with van der Waals surface area (Å²) in [7, 11) is 0. The summed E-state index contributed by atoms with van der Waals surface area (Å²) in [6.45, 7) is 7.23. The Morgan fingerprint density at radius 3 is 2.63 bits per heavy atom. The number of nitrogens with one attached hydrogen (secondary N) is 2. The van der Waals surface area contributed by atoms with Crippen LogP contribution < -0.4 is 16.0 Å². The van der Waals surface area contributed by atoms with Crippen molar-refractivity contribution in [2.45, 2.75) is 33.0 Å². The summed E-state index contributed by atoms with van der Waals surface area (Å²) in [5.41, 5.74) is 9.72. The lowest BCUT2D eigenvalue weighted by Crippen LogP contribution is -2.45. The zero-order valence-corrected chi connectivity index (χ0v) is 19.9. The van der Waals surface area contributed by atoms with Crippen molar-refractivity contribution >= 4 is 28.8 Å². The number of nitrogens with two attached hydrogens (primary N) is 1. The maximum Gasteiger partial charge on any atom is 0.274 e. The van der Waals surface area contributed by atoms with Crippen LogP contribution in [-0.2, 0) is 4.74 Å². The van der Waals surface area contributed by atoms with Crippen LogP contribution in [0.5, 0.6) is 0 Å². The summed E-state index contributed by atoms with van der Waals surface area (Å²) in [4.78, 5) is 23.5. The third-order valence-corrected chi connectivity index (χ3v) is 5.78. The number of aryl methyl sites for hydroxylation is 1. The first-order valence-electron chi connectivity index (χ1n) is 11.3. The smallest absolute Gasteiger partial charge is 0.274 e. The molecule has 9 nitrogen and oxygen atoms in total. The van der Waals surface area contributed by atoms with E-state index in [-0.39, 0.29) is 23.6 Å². The number of benzene rings is 1. The number of amides is 1. The van der Waals surface area contributed by atoms with Crippen molar-refractivity contribution in [3.8, 4) is 6.07 Å². The molecule has 1 saturated heterocycles. The van der Waals surface area contributed by atoms with Gasteiger partial charge in [0.1, 0.15) is 17.6 Å². The van der Waals surface area contributed by atoms with Gasteiger partial charge in [-0.05, 0) is 62.7 Å². The molecule has 0 unspecified atom stereocenters. The molecular weight excluding hydrogens is 442 g/mol. The number of rotatable bonds is 5. The van der Waals surface area contributed by atoms with Crippen LogP contribution in [-0.4, -0.2) is 46.9 Å². The number of ether oxygens (including phenoxy) is 1. The van der Waals surface area contributed by atoms with E-state index in [2.05, 4.69) is 20.2 Å². The van der Waals surface area contributed by atoms with E-state index in [1.165, 1.54) is 6.20 Å². The van der Waals surface area contributed by atoms with E-state index in [0.717, 1.165) is 18.9 Å². The van der Waals surface area contributed by atoms with Crippen LogP contribution >= 0.6 is 0 Å². The number of pyridine rings is 2. The molecule has 0 radical (unpaired) electrons. The van der Waals surface area contributed by atoms with Crippen molar-refractivity contribution in [2.24, 2.45) is 0 Å². The Labute approximate surface area is 204 Å². The zero-order valence-electron chi connectivity index (χ0n) is 19.9. The van der Waals surface area contributed by atoms with E-state index in [0.29, 0.717) is 33.6 Å². The number of morpholine rings is 1. The molecular formula is C26H27N7O2. The van der Waals surface area contributed by atoms with Crippen LogP contribution in [0.25, 0.3) is 0 Å². The fraction of sp³-hybridized carbons (Fsp3) is 0.269. The first-order chi connectivity index (χ1) is 16.7.